The number of piperidine rings is 1. The zero-order valence-electron chi connectivity index (χ0n) is 15.6. The van der Waals surface area contributed by atoms with Gasteiger partial charge in [0.25, 0.3) is 0 Å². The second kappa shape index (κ2) is 9.07. The first-order valence-electron chi connectivity index (χ1n) is 9.45. The molecule has 2 aromatic carbocycles. The smallest absolute Gasteiger partial charge is 0.241 e. The normalized spacial score (nSPS) is 15.4. The van der Waals surface area contributed by atoms with Gasteiger partial charge in [-0.3, -0.25) is 9.69 Å². The molecule has 1 N–H and O–H groups in total. The van der Waals surface area contributed by atoms with Crippen LogP contribution < -0.4 is 5.32 Å². The van der Waals surface area contributed by atoms with Gasteiger partial charge in [-0.2, -0.15) is 4.98 Å². The lowest BCUT2D eigenvalue weighted by Gasteiger charge is -2.30. The Kier molecular flexibility index (Phi) is 6.28. The van der Waals surface area contributed by atoms with Crippen molar-refractivity contribution < 1.29 is 9.32 Å². The Morgan fingerprint density at radius 3 is 2.69 bits per heavy atom. The van der Waals surface area contributed by atoms with Crippen molar-refractivity contribution >= 4 is 39.1 Å². The number of nitrogens with zero attached hydrogens (tertiary/aromatic N) is 3. The van der Waals surface area contributed by atoms with Crippen molar-refractivity contribution in [1.29, 1.82) is 0 Å². The zero-order valence-corrected chi connectivity index (χ0v) is 18.0. The van der Waals surface area contributed by atoms with Crippen molar-refractivity contribution in [1.82, 2.24) is 15.0 Å². The van der Waals surface area contributed by atoms with Crippen molar-refractivity contribution in [2.24, 2.45) is 5.92 Å². The third-order valence-corrected chi connectivity index (χ3v) is 6.24. The Bertz CT molecular complexity index is 987. The standard InChI is InChI=1S/C21H20BrClN4O2/c22-17-7-6-16(12-18(17)23)24-21(28)15-8-10-27(11-9-15)13-19-25-20(26-29-19)14-4-2-1-3-5-14/h1-7,12,15H,8-11,13H2,(H,24,28). The van der Waals surface area contributed by atoms with E-state index in [2.05, 4.69) is 36.3 Å². The van der Waals surface area contributed by atoms with E-state index in [1.54, 1.807) is 6.07 Å². The number of hydrogen-bond acceptors (Lipinski definition) is 5. The molecule has 6 nitrogen and oxygen atoms in total. The van der Waals surface area contributed by atoms with E-state index in [1.807, 2.05) is 42.5 Å². The second-order valence-corrected chi connectivity index (χ2v) is 8.31. The van der Waals surface area contributed by atoms with Crippen LogP contribution in [0.5, 0.6) is 0 Å². The molecule has 4 rings (SSSR count). The van der Waals surface area contributed by atoms with Crippen LogP contribution >= 0.6 is 27.5 Å². The third kappa shape index (κ3) is 5.04. The molecule has 0 atom stereocenters. The molecular formula is C21H20BrClN4O2. The second-order valence-electron chi connectivity index (χ2n) is 7.05. The van der Waals surface area contributed by atoms with Crippen LogP contribution in [-0.4, -0.2) is 34.0 Å². The molecule has 0 aliphatic carbocycles. The predicted octanol–water partition coefficient (Wildman–Crippen LogP) is 5.00. The lowest BCUT2D eigenvalue weighted by atomic mass is 9.96. The van der Waals surface area contributed by atoms with Gasteiger partial charge in [-0.25, -0.2) is 0 Å². The van der Waals surface area contributed by atoms with Gasteiger partial charge >= 0.3 is 0 Å². The van der Waals surface area contributed by atoms with Crippen LogP contribution in [0.25, 0.3) is 11.4 Å². The summed E-state index contributed by atoms with van der Waals surface area (Å²) in [7, 11) is 0. The van der Waals surface area contributed by atoms with Crippen LogP contribution in [0.15, 0.2) is 57.5 Å². The number of amides is 1. The molecule has 1 saturated heterocycles. The minimum Gasteiger partial charge on any atom is -0.338 e. The number of carbonyl (C=O) groups is 1. The number of likely N-dealkylation sites (tertiary alicyclic amines) is 1. The number of carbonyl (C=O) groups excluding carboxylic acids is 1. The van der Waals surface area contributed by atoms with Gasteiger partial charge in [-0.05, 0) is 60.1 Å². The highest BCUT2D eigenvalue weighted by atomic mass is 79.9. The summed E-state index contributed by atoms with van der Waals surface area (Å²) in [5, 5.41) is 7.60. The molecule has 0 bridgehead atoms. The minimum absolute atomic E-state index is 0.0174. The molecule has 0 unspecified atom stereocenters. The number of benzene rings is 2. The average Bonchev–Trinajstić information content (AvgIpc) is 3.20. The molecule has 1 aliphatic heterocycles. The van der Waals surface area contributed by atoms with E-state index >= 15 is 0 Å². The quantitative estimate of drug-likeness (QED) is 0.562. The molecule has 1 fully saturated rings. The molecular weight excluding hydrogens is 456 g/mol. The van der Waals surface area contributed by atoms with E-state index in [4.69, 9.17) is 16.1 Å². The van der Waals surface area contributed by atoms with E-state index in [9.17, 15) is 4.79 Å². The van der Waals surface area contributed by atoms with Gasteiger partial charge in [0.15, 0.2) is 0 Å². The summed E-state index contributed by atoms with van der Waals surface area (Å²) in [6.07, 6.45) is 1.57. The minimum atomic E-state index is -0.0174. The summed E-state index contributed by atoms with van der Waals surface area (Å²) in [6.45, 7) is 2.21. The van der Waals surface area contributed by atoms with Gasteiger partial charge in [-0.1, -0.05) is 47.1 Å². The number of rotatable bonds is 5. The summed E-state index contributed by atoms with van der Waals surface area (Å²) in [4.78, 5) is 19.3. The summed E-state index contributed by atoms with van der Waals surface area (Å²) in [5.74, 6) is 1.21. The molecule has 8 heteroatoms. The van der Waals surface area contributed by atoms with Gasteiger partial charge in [0.1, 0.15) is 0 Å². The Hall–Kier alpha value is -2.22. The third-order valence-electron chi connectivity index (χ3n) is 5.00. The summed E-state index contributed by atoms with van der Waals surface area (Å²) in [6, 6.07) is 15.2. The fraction of sp³-hybridized carbons (Fsp3) is 0.286. The number of halogens is 2. The maximum Gasteiger partial charge on any atom is 0.241 e. The Balaban J connectivity index is 1.29. The highest BCUT2D eigenvalue weighted by Gasteiger charge is 2.26. The Morgan fingerprint density at radius 1 is 1.21 bits per heavy atom. The van der Waals surface area contributed by atoms with Crippen molar-refractivity contribution in [2.45, 2.75) is 19.4 Å². The van der Waals surface area contributed by atoms with Crippen LogP contribution in [0.2, 0.25) is 5.02 Å². The average molecular weight is 476 g/mol. The monoisotopic (exact) mass is 474 g/mol. The number of nitrogens with one attached hydrogen (secondary N) is 1. The summed E-state index contributed by atoms with van der Waals surface area (Å²) < 4.78 is 6.20. The highest BCUT2D eigenvalue weighted by molar-refractivity contribution is 9.10. The lowest BCUT2D eigenvalue weighted by Crippen LogP contribution is -2.37. The van der Waals surface area contributed by atoms with E-state index in [-0.39, 0.29) is 11.8 Å². The topological polar surface area (TPSA) is 71.3 Å². The molecule has 3 aromatic rings. The fourth-order valence-electron chi connectivity index (χ4n) is 3.39. The Labute approximate surface area is 182 Å². The molecule has 1 amide bonds. The van der Waals surface area contributed by atoms with E-state index in [0.29, 0.717) is 29.0 Å². The number of hydrogen-bond donors (Lipinski definition) is 1. The molecule has 1 aliphatic rings. The van der Waals surface area contributed by atoms with E-state index in [0.717, 1.165) is 36.0 Å². The molecule has 29 heavy (non-hydrogen) atoms. The first-order valence-corrected chi connectivity index (χ1v) is 10.6. The number of anilines is 1. The van der Waals surface area contributed by atoms with E-state index in [1.165, 1.54) is 0 Å². The van der Waals surface area contributed by atoms with Gasteiger partial charge in [0, 0.05) is 21.6 Å². The van der Waals surface area contributed by atoms with Gasteiger partial charge in [0.05, 0.1) is 11.6 Å². The largest absolute Gasteiger partial charge is 0.338 e. The van der Waals surface area contributed by atoms with Crippen molar-refractivity contribution in [3.63, 3.8) is 0 Å². The number of aromatic nitrogens is 2. The Morgan fingerprint density at radius 2 is 1.97 bits per heavy atom. The van der Waals surface area contributed by atoms with Crippen LogP contribution in [0.1, 0.15) is 18.7 Å². The molecule has 0 saturated carbocycles. The van der Waals surface area contributed by atoms with Crippen molar-refractivity contribution in [3.8, 4) is 11.4 Å². The van der Waals surface area contributed by atoms with Crippen LogP contribution in [0.3, 0.4) is 0 Å². The van der Waals surface area contributed by atoms with Crippen molar-refractivity contribution in [3.05, 3.63) is 63.9 Å². The summed E-state index contributed by atoms with van der Waals surface area (Å²) in [5.41, 5.74) is 1.65. The molecule has 0 radical (unpaired) electrons. The van der Waals surface area contributed by atoms with E-state index < -0.39 is 0 Å². The van der Waals surface area contributed by atoms with Gasteiger partial charge < -0.3 is 9.84 Å². The van der Waals surface area contributed by atoms with Gasteiger partial charge in [0.2, 0.25) is 17.6 Å². The fourth-order valence-corrected chi connectivity index (χ4v) is 3.81. The maximum absolute atomic E-state index is 12.6. The van der Waals surface area contributed by atoms with Crippen LogP contribution in [-0.2, 0) is 11.3 Å². The highest BCUT2D eigenvalue weighted by Crippen LogP contribution is 2.27. The molecule has 150 valence electrons. The maximum atomic E-state index is 12.6. The lowest BCUT2D eigenvalue weighted by molar-refractivity contribution is -0.121. The molecule has 1 aromatic heterocycles. The predicted molar refractivity (Wildman–Crippen MR) is 116 cm³/mol. The summed E-state index contributed by atoms with van der Waals surface area (Å²) >= 11 is 9.45. The first-order chi connectivity index (χ1) is 14.1. The molecule has 0 spiro atoms. The zero-order chi connectivity index (χ0) is 20.2. The van der Waals surface area contributed by atoms with Crippen LogP contribution in [0, 0.1) is 5.92 Å². The van der Waals surface area contributed by atoms with Gasteiger partial charge in [-0.15, -0.1) is 0 Å². The van der Waals surface area contributed by atoms with Crippen LogP contribution in [0.4, 0.5) is 5.69 Å². The SMILES string of the molecule is O=C(Nc1ccc(Br)c(Cl)c1)C1CCN(Cc2nc(-c3ccccc3)no2)CC1. The van der Waals surface area contributed by atoms with Crippen molar-refractivity contribution in [2.75, 3.05) is 18.4 Å². The first kappa shape index (κ1) is 20.1. The molecule has 2 heterocycles.